The third-order valence-corrected chi connectivity index (χ3v) is 5.39. The Morgan fingerprint density at radius 3 is 2.53 bits per heavy atom. The summed E-state index contributed by atoms with van der Waals surface area (Å²) < 4.78 is 6.97. The van der Waals surface area contributed by atoms with Gasteiger partial charge in [-0.2, -0.15) is 0 Å². The van der Waals surface area contributed by atoms with Gasteiger partial charge < -0.3 is 10.1 Å². The van der Waals surface area contributed by atoms with Gasteiger partial charge in [-0.15, -0.1) is 0 Å². The third-order valence-electron chi connectivity index (χ3n) is 4.11. The molecule has 2 unspecified atom stereocenters. The van der Waals surface area contributed by atoms with Gasteiger partial charge in [-0.1, -0.05) is 0 Å². The Morgan fingerprint density at radius 1 is 1.21 bits per heavy atom. The molecule has 0 aromatic heterocycles. The summed E-state index contributed by atoms with van der Waals surface area (Å²) in [5.41, 5.74) is 0.769. The standard InChI is InChI=1S/C14H15Br2NO2/c1-19-13-6-12(10(15)5-11(13)16)17-14(18)9-3-7-2-8(7)4-9/h5-9H,2-4H2,1H3,(H,17,18). The minimum atomic E-state index is 0.136. The lowest BCUT2D eigenvalue weighted by Gasteiger charge is -2.15. The van der Waals surface area contributed by atoms with Crippen LogP contribution < -0.4 is 10.1 Å². The van der Waals surface area contributed by atoms with Crippen molar-refractivity contribution in [1.29, 1.82) is 0 Å². The van der Waals surface area contributed by atoms with Crippen LogP contribution in [0.25, 0.3) is 0 Å². The van der Waals surface area contributed by atoms with Crippen molar-refractivity contribution < 1.29 is 9.53 Å². The minimum Gasteiger partial charge on any atom is -0.495 e. The number of methoxy groups -OCH3 is 1. The maximum absolute atomic E-state index is 12.2. The fraction of sp³-hybridized carbons (Fsp3) is 0.500. The van der Waals surface area contributed by atoms with Gasteiger partial charge in [0.25, 0.3) is 0 Å². The topological polar surface area (TPSA) is 38.3 Å². The van der Waals surface area contributed by atoms with Crippen LogP contribution in [0.4, 0.5) is 5.69 Å². The zero-order chi connectivity index (χ0) is 13.6. The molecule has 2 saturated carbocycles. The maximum Gasteiger partial charge on any atom is 0.227 e. The minimum absolute atomic E-state index is 0.136. The molecule has 0 bridgehead atoms. The van der Waals surface area contributed by atoms with Crippen molar-refractivity contribution in [2.75, 3.05) is 12.4 Å². The molecule has 0 saturated heterocycles. The fourth-order valence-electron chi connectivity index (χ4n) is 2.94. The van der Waals surface area contributed by atoms with Gasteiger partial charge in [0, 0.05) is 16.5 Å². The molecule has 19 heavy (non-hydrogen) atoms. The SMILES string of the molecule is COc1cc(NC(=O)C2CC3CC3C2)c(Br)cc1Br. The second-order valence-electron chi connectivity index (χ2n) is 5.38. The lowest BCUT2D eigenvalue weighted by Crippen LogP contribution is -2.21. The Balaban J connectivity index is 1.73. The zero-order valence-corrected chi connectivity index (χ0v) is 13.8. The first-order valence-electron chi connectivity index (χ1n) is 6.42. The average Bonchev–Trinajstić information content (AvgIpc) is 2.99. The number of halogens is 2. The second-order valence-corrected chi connectivity index (χ2v) is 7.09. The molecule has 1 aromatic rings. The van der Waals surface area contributed by atoms with E-state index in [9.17, 15) is 4.79 Å². The van der Waals surface area contributed by atoms with Crippen LogP contribution in [0.15, 0.2) is 21.1 Å². The molecule has 0 heterocycles. The number of amides is 1. The molecule has 3 nitrogen and oxygen atoms in total. The highest BCUT2D eigenvalue weighted by atomic mass is 79.9. The number of carbonyl (C=O) groups excluding carboxylic acids is 1. The van der Waals surface area contributed by atoms with Gasteiger partial charge in [0.15, 0.2) is 0 Å². The van der Waals surface area contributed by atoms with Gasteiger partial charge in [0.2, 0.25) is 5.91 Å². The van der Waals surface area contributed by atoms with Crippen molar-refractivity contribution >= 4 is 43.5 Å². The lowest BCUT2D eigenvalue weighted by atomic mass is 10.0. The van der Waals surface area contributed by atoms with Crippen molar-refractivity contribution in [3.8, 4) is 5.75 Å². The summed E-state index contributed by atoms with van der Waals surface area (Å²) in [6.45, 7) is 0. The van der Waals surface area contributed by atoms with Gasteiger partial charge in [0.05, 0.1) is 17.3 Å². The number of ether oxygens (including phenoxy) is 1. The number of nitrogens with one attached hydrogen (secondary N) is 1. The lowest BCUT2D eigenvalue weighted by molar-refractivity contribution is -0.120. The van der Waals surface area contributed by atoms with E-state index >= 15 is 0 Å². The van der Waals surface area contributed by atoms with Gasteiger partial charge >= 0.3 is 0 Å². The Labute approximate surface area is 129 Å². The van der Waals surface area contributed by atoms with E-state index in [-0.39, 0.29) is 11.8 Å². The first-order chi connectivity index (χ1) is 9.08. The summed E-state index contributed by atoms with van der Waals surface area (Å²) in [5, 5.41) is 3.01. The Bertz CT molecular complexity index is 522. The summed E-state index contributed by atoms with van der Waals surface area (Å²) in [4.78, 5) is 12.2. The summed E-state index contributed by atoms with van der Waals surface area (Å²) in [7, 11) is 1.62. The fourth-order valence-corrected chi connectivity index (χ4v) is 4.20. The molecule has 1 amide bonds. The molecular weight excluding hydrogens is 374 g/mol. The monoisotopic (exact) mass is 387 g/mol. The maximum atomic E-state index is 12.2. The van der Waals surface area contributed by atoms with E-state index in [1.165, 1.54) is 6.42 Å². The second kappa shape index (κ2) is 5.09. The van der Waals surface area contributed by atoms with Crippen LogP contribution in [0, 0.1) is 17.8 Å². The number of hydrogen-bond acceptors (Lipinski definition) is 2. The predicted octanol–water partition coefficient (Wildman–Crippen LogP) is 4.20. The number of hydrogen-bond donors (Lipinski definition) is 1. The molecule has 1 aromatic carbocycles. The van der Waals surface area contributed by atoms with E-state index in [0.29, 0.717) is 5.75 Å². The van der Waals surface area contributed by atoms with Crippen LogP contribution >= 0.6 is 31.9 Å². The zero-order valence-electron chi connectivity index (χ0n) is 10.6. The van der Waals surface area contributed by atoms with Crippen molar-refractivity contribution in [1.82, 2.24) is 0 Å². The van der Waals surface area contributed by atoms with Gasteiger partial charge in [-0.05, 0) is 69.0 Å². The Morgan fingerprint density at radius 2 is 1.89 bits per heavy atom. The molecule has 2 atom stereocenters. The van der Waals surface area contributed by atoms with E-state index in [0.717, 1.165) is 39.3 Å². The number of rotatable bonds is 3. The molecule has 2 aliphatic carbocycles. The van der Waals surface area contributed by atoms with Crippen molar-refractivity contribution in [3.05, 3.63) is 21.1 Å². The molecule has 0 spiro atoms. The highest BCUT2D eigenvalue weighted by molar-refractivity contribution is 9.11. The normalized spacial score (nSPS) is 27.8. The van der Waals surface area contributed by atoms with E-state index in [1.807, 2.05) is 12.1 Å². The Hall–Kier alpha value is -0.550. The molecular formula is C14H15Br2NO2. The van der Waals surface area contributed by atoms with E-state index in [1.54, 1.807) is 7.11 Å². The van der Waals surface area contributed by atoms with Crippen LogP contribution in [0.3, 0.4) is 0 Å². The van der Waals surface area contributed by atoms with E-state index in [2.05, 4.69) is 37.2 Å². The van der Waals surface area contributed by atoms with Gasteiger partial charge in [-0.3, -0.25) is 4.79 Å². The van der Waals surface area contributed by atoms with E-state index < -0.39 is 0 Å². The molecule has 1 N–H and O–H groups in total. The smallest absolute Gasteiger partial charge is 0.227 e. The van der Waals surface area contributed by atoms with Crippen LogP contribution in [-0.2, 0) is 4.79 Å². The molecule has 0 aliphatic heterocycles. The quantitative estimate of drug-likeness (QED) is 0.842. The molecule has 5 heteroatoms. The van der Waals surface area contributed by atoms with Crippen LogP contribution in [0.2, 0.25) is 0 Å². The number of benzene rings is 1. The highest BCUT2D eigenvalue weighted by Gasteiger charge is 2.48. The van der Waals surface area contributed by atoms with Gasteiger partial charge in [0.1, 0.15) is 5.75 Å². The molecule has 102 valence electrons. The molecule has 2 aliphatic rings. The van der Waals surface area contributed by atoms with Crippen LogP contribution in [0.1, 0.15) is 19.3 Å². The summed E-state index contributed by atoms with van der Waals surface area (Å²) in [6, 6.07) is 3.72. The number of fused-ring (bicyclic) bond motifs is 1. The summed E-state index contributed by atoms with van der Waals surface area (Å²) >= 11 is 6.89. The first kappa shape index (κ1) is 13.4. The van der Waals surface area contributed by atoms with Crippen molar-refractivity contribution in [2.24, 2.45) is 17.8 Å². The largest absolute Gasteiger partial charge is 0.495 e. The van der Waals surface area contributed by atoms with Crippen molar-refractivity contribution in [3.63, 3.8) is 0 Å². The third kappa shape index (κ3) is 2.68. The number of anilines is 1. The van der Waals surface area contributed by atoms with Crippen LogP contribution in [0.5, 0.6) is 5.75 Å². The molecule has 2 fully saturated rings. The van der Waals surface area contributed by atoms with Crippen LogP contribution in [-0.4, -0.2) is 13.0 Å². The summed E-state index contributed by atoms with van der Waals surface area (Å²) in [5.74, 6) is 2.67. The predicted molar refractivity (Wildman–Crippen MR) is 81.3 cm³/mol. The molecule has 3 rings (SSSR count). The first-order valence-corrected chi connectivity index (χ1v) is 8.01. The van der Waals surface area contributed by atoms with Gasteiger partial charge in [-0.25, -0.2) is 0 Å². The Kier molecular flexibility index (Phi) is 3.60. The average molecular weight is 389 g/mol. The summed E-state index contributed by atoms with van der Waals surface area (Å²) in [6.07, 6.45) is 3.45. The van der Waals surface area contributed by atoms with E-state index in [4.69, 9.17) is 4.74 Å². The highest BCUT2D eigenvalue weighted by Crippen LogP contribution is 2.54. The number of carbonyl (C=O) groups is 1. The van der Waals surface area contributed by atoms with Crippen molar-refractivity contribution in [2.45, 2.75) is 19.3 Å². The molecule has 0 radical (unpaired) electrons.